The molecule has 1 rings (SSSR count). The SMILES string of the molecule is N#Cc1cc(N)ccc1S(=O)(=O)NCCOCCO. The molecule has 0 bridgehead atoms. The molecule has 0 aliphatic carbocycles. The van der Waals surface area contributed by atoms with Gasteiger partial charge in [-0.2, -0.15) is 5.26 Å². The lowest BCUT2D eigenvalue weighted by Crippen LogP contribution is -2.28. The third-order valence-corrected chi connectivity index (χ3v) is 3.71. The van der Waals surface area contributed by atoms with Gasteiger partial charge in [0.2, 0.25) is 10.0 Å². The molecule has 7 nitrogen and oxygen atoms in total. The summed E-state index contributed by atoms with van der Waals surface area (Å²) in [6, 6.07) is 5.79. The first-order valence-corrected chi connectivity index (χ1v) is 6.97. The predicted molar refractivity (Wildman–Crippen MR) is 68.7 cm³/mol. The van der Waals surface area contributed by atoms with Crippen molar-refractivity contribution in [2.24, 2.45) is 0 Å². The van der Waals surface area contributed by atoms with Gasteiger partial charge in [0.25, 0.3) is 0 Å². The fourth-order valence-electron chi connectivity index (χ4n) is 1.36. The number of hydrogen-bond donors (Lipinski definition) is 3. The van der Waals surface area contributed by atoms with Crippen molar-refractivity contribution in [3.63, 3.8) is 0 Å². The highest BCUT2D eigenvalue weighted by Crippen LogP contribution is 2.17. The maximum Gasteiger partial charge on any atom is 0.241 e. The second kappa shape index (κ2) is 7.06. The summed E-state index contributed by atoms with van der Waals surface area (Å²) < 4.78 is 31.1. The molecule has 8 heteroatoms. The number of aliphatic hydroxyl groups excluding tert-OH is 1. The summed E-state index contributed by atoms with van der Waals surface area (Å²) in [6.07, 6.45) is 0. The van der Waals surface area contributed by atoms with Crippen LogP contribution in [-0.4, -0.2) is 39.9 Å². The summed E-state index contributed by atoms with van der Waals surface area (Å²) in [5.41, 5.74) is 5.80. The number of hydrogen-bond acceptors (Lipinski definition) is 6. The molecule has 0 heterocycles. The lowest BCUT2D eigenvalue weighted by Gasteiger charge is -2.08. The Balaban J connectivity index is 2.75. The van der Waals surface area contributed by atoms with Gasteiger partial charge < -0.3 is 15.6 Å². The van der Waals surface area contributed by atoms with E-state index in [1.54, 1.807) is 6.07 Å². The van der Waals surface area contributed by atoms with E-state index in [0.29, 0.717) is 5.69 Å². The van der Waals surface area contributed by atoms with Gasteiger partial charge in [-0.05, 0) is 18.2 Å². The fourth-order valence-corrected chi connectivity index (χ4v) is 2.51. The summed E-state index contributed by atoms with van der Waals surface area (Å²) >= 11 is 0. The van der Waals surface area contributed by atoms with Gasteiger partial charge in [0, 0.05) is 12.2 Å². The van der Waals surface area contributed by atoms with E-state index in [2.05, 4.69) is 4.72 Å². The molecule has 0 amide bonds. The zero-order chi connectivity index (χ0) is 14.3. The molecule has 0 fully saturated rings. The lowest BCUT2D eigenvalue weighted by atomic mass is 10.2. The van der Waals surface area contributed by atoms with Gasteiger partial charge in [-0.25, -0.2) is 13.1 Å². The van der Waals surface area contributed by atoms with E-state index in [0.717, 1.165) is 0 Å². The van der Waals surface area contributed by atoms with E-state index in [-0.39, 0.29) is 36.8 Å². The zero-order valence-electron chi connectivity index (χ0n) is 10.2. The molecule has 104 valence electrons. The van der Waals surface area contributed by atoms with Crippen molar-refractivity contribution in [1.29, 1.82) is 5.26 Å². The van der Waals surface area contributed by atoms with E-state index in [4.69, 9.17) is 20.8 Å². The summed E-state index contributed by atoms with van der Waals surface area (Å²) in [5.74, 6) is 0. The third kappa shape index (κ3) is 4.50. The Bertz CT molecular complexity index is 566. The minimum absolute atomic E-state index is 0.0104. The molecule has 1 aromatic carbocycles. The molecular weight excluding hydrogens is 270 g/mol. The van der Waals surface area contributed by atoms with Crippen molar-refractivity contribution in [3.8, 4) is 6.07 Å². The molecule has 0 saturated heterocycles. The van der Waals surface area contributed by atoms with Crippen LogP contribution in [0.2, 0.25) is 0 Å². The molecule has 4 N–H and O–H groups in total. The molecule has 0 aromatic heterocycles. The maximum atomic E-state index is 11.9. The number of nitrogens with one attached hydrogen (secondary N) is 1. The van der Waals surface area contributed by atoms with Crippen LogP contribution in [-0.2, 0) is 14.8 Å². The summed E-state index contributed by atoms with van der Waals surface area (Å²) in [4.78, 5) is -0.119. The lowest BCUT2D eigenvalue weighted by molar-refractivity contribution is 0.0961. The van der Waals surface area contributed by atoms with Crippen LogP contribution in [0.15, 0.2) is 23.1 Å². The monoisotopic (exact) mass is 285 g/mol. The van der Waals surface area contributed by atoms with E-state index >= 15 is 0 Å². The third-order valence-electron chi connectivity index (χ3n) is 2.19. The second-order valence-corrected chi connectivity index (χ2v) is 5.34. The van der Waals surface area contributed by atoms with Crippen LogP contribution in [0.4, 0.5) is 5.69 Å². The van der Waals surface area contributed by atoms with Crippen LogP contribution in [0.5, 0.6) is 0 Å². The quantitative estimate of drug-likeness (QED) is 0.455. The number of sulfonamides is 1. The van der Waals surface area contributed by atoms with Crippen molar-refractivity contribution in [3.05, 3.63) is 23.8 Å². The van der Waals surface area contributed by atoms with Crippen LogP contribution >= 0.6 is 0 Å². The maximum absolute atomic E-state index is 11.9. The number of nitriles is 1. The molecule has 0 aliphatic heterocycles. The van der Waals surface area contributed by atoms with Crippen molar-refractivity contribution < 1.29 is 18.3 Å². The number of ether oxygens (including phenoxy) is 1. The first kappa shape index (κ1) is 15.4. The first-order chi connectivity index (χ1) is 9.01. The molecule has 0 saturated carbocycles. The summed E-state index contributed by atoms with van der Waals surface area (Å²) in [7, 11) is -3.78. The molecule has 0 atom stereocenters. The Kier molecular flexibility index (Phi) is 5.72. The number of rotatable bonds is 7. The summed E-state index contributed by atoms with van der Waals surface area (Å²) in [5, 5.41) is 17.4. The highest BCUT2D eigenvalue weighted by molar-refractivity contribution is 7.89. The van der Waals surface area contributed by atoms with E-state index in [1.807, 2.05) is 0 Å². The Morgan fingerprint density at radius 2 is 2.16 bits per heavy atom. The molecule has 0 unspecified atom stereocenters. The number of benzene rings is 1. The topological polar surface area (TPSA) is 125 Å². The zero-order valence-corrected chi connectivity index (χ0v) is 11.0. The molecule has 0 radical (unpaired) electrons. The van der Waals surface area contributed by atoms with Gasteiger partial charge in [0.15, 0.2) is 0 Å². The van der Waals surface area contributed by atoms with Crippen molar-refractivity contribution in [2.45, 2.75) is 4.90 Å². The highest BCUT2D eigenvalue weighted by atomic mass is 32.2. The normalized spacial score (nSPS) is 11.2. The average Bonchev–Trinajstić information content (AvgIpc) is 2.38. The highest BCUT2D eigenvalue weighted by Gasteiger charge is 2.18. The number of nitrogen functional groups attached to an aromatic ring is 1. The first-order valence-electron chi connectivity index (χ1n) is 5.49. The number of aliphatic hydroxyl groups is 1. The Hall–Kier alpha value is -1.66. The number of nitrogens with zero attached hydrogens (tertiary/aromatic N) is 1. The minimum atomic E-state index is -3.78. The average molecular weight is 285 g/mol. The second-order valence-electron chi connectivity index (χ2n) is 3.60. The standard InChI is InChI=1S/C11H15N3O4S/c12-8-9-7-10(13)1-2-11(9)19(16,17)14-3-5-18-6-4-15/h1-2,7,14-15H,3-6,13H2. The van der Waals surface area contributed by atoms with Crippen LogP contribution in [0.25, 0.3) is 0 Å². The summed E-state index contributed by atoms with van der Waals surface area (Å²) in [6.45, 7) is 0.213. The minimum Gasteiger partial charge on any atom is -0.399 e. The largest absolute Gasteiger partial charge is 0.399 e. The van der Waals surface area contributed by atoms with Gasteiger partial charge in [-0.1, -0.05) is 0 Å². The van der Waals surface area contributed by atoms with Crippen LogP contribution in [0, 0.1) is 11.3 Å². The molecule has 1 aromatic rings. The number of anilines is 1. The molecule has 0 spiro atoms. The Labute approximate surface area is 111 Å². The van der Waals surface area contributed by atoms with E-state index < -0.39 is 10.0 Å². The smallest absolute Gasteiger partial charge is 0.241 e. The van der Waals surface area contributed by atoms with Crippen molar-refractivity contribution in [1.82, 2.24) is 4.72 Å². The molecule has 0 aliphatic rings. The molecule has 19 heavy (non-hydrogen) atoms. The van der Waals surface area contributed by atoms with Crippen LogP contribution in [0.3, 0.4) is 0 Å². The predicted octanol–water partition coefficient (Wildman–Crippen LogP) is -0.572. The van der Waals surface area contributed by atoms with E-state index in [1.165, 1.54) is 18.2 Å². The number of nitrogens with two attached hydrogens (primary N) is 1. The van der Waals surface area contributed by atoms with Crippen molar-refractivity contribution in [2.75, 3.05) is 32.1 Å². The van der Waals surface area contributed by atoms with Gasteiger partial charge in [0.1, 0.15) is 6.07 Å². The van der Waals surface area contributed by atoms with E-state index in [9.17, 15) is 8.42 Å². The van der Waals surface area contributed by atoms with Crippen molar-refractivity contribution >= 4 is 15.7 Å². The van der Waals surface area contributed by atoms with Crippen LogP contribution < -0.4 is 10.5 Å². The fraction of sp³-hybridized carbons (Fsp3) is 0.364. The van der Waals surface area contributed by atoms with Crippen LogP contribution in [0.1, 0.15) is 5.56 Å². The van der Waals surface area contributed by atoms with Gasteiger partial charge in [0.05, 0.1) is 30.3 Å². The van der Waals surface area contributed by atoms with Gasteiger partial charge in [-0.3, -0.25) is 0 Å². The van der Waals surface area contributed by atoms with Gasteiger partial charge in [-0.15, -0.1) is 0 Å². The van der Waals surface area contributed by atoms with Gasteiger partial charge >= 0.3 is 0 Å². The Morgan fingerprint density at radius 1 is 1.42 bits per heavy atom. The molecular formula is C11H15N3O4S. The Morgan fingerprint density at radius 3 is 2.79 bits per heavy atom.